The van der Waals surface area contributed by atoms with E-state index in [4.69, 9.17) is 5.73 Å². The molecule has 2 atom stereocenters. The van der Waals surface area contributed by atoms with Crippen LogP contribution < -0.4 is 11.1 Å². The summed E-state index contributed by atoms with van der Waals surface area (Å²) >= 11 is 1.35. The lowest BCUT2D eigenvalue weighted by molar-refractivity contribution is -0.119. The molecular weight excluding hydrogens is 390 g/mol. The highest BCUT2D eigenvalue weighted by Gasteiger charge is 2.41. The molecule has 2 aliphatic rings. The number of hydrogen-bond acceptors (Lipinski definition) is 5. The van der Waals surface area contributed by atoms with Gasteiger partial charge in [-0.1, -0.05) is 19.1 Å². The third-order valence-electron chi connectivity index (χ3n) is 5.59. The number of nitrogens with zero attached hydrogens (tertiary/aromatic N) is 1. The van der Waals surface area contributed by atoms with E-state index in [-0.39, 0.29) is 11.1 Å². The fourth-order valence-corrected chi connectivity index (χ4v) is 5.41. The van der Waals surface area contributed by atoms with Crippen LogP contribution in [0, 0.1) is 5.92 Å². The number of carbonyl (C=O) groups excluding carboxylic acids is 4. The molecule has 8 heteroatoms. The van der Waals surface area contributed by atoms with E-state index < -0.39 is 29.7 Å². The van der Waals surface area contributed by atoms with Crippen LogP contribution in [0.25, 0.3) is 0 Å². The lowest BCUT2D eigenvalue weighted by atomic mass is 9.88. The molecule has 2 heterocycles. The molecule has 150 valence electrons. The molecule has 29 heavy (non-hydrogen) atoms. The van der Waals surface area contributed by atoms with Gasteiger partial charge in [0, 0.05) is 4.88 Å². The second-order valence-corrected chi connectivity index (χ2v) is 8.72. The number of anilines is 1. The first-order valence-electron chi connectivity index (χ1n) is 9.51. The second kappa shape index (κ2) is 7.11. The maximum atomic E-state index is 12.9. The molecule has 0 saturated heterocycles. The molecule has 0 radical (unpaired) electrons. The highest BCUT2D eigenvalue weighted by atomic mass is 32.1. The minimum atomic E-state index is -1.03. The monoisotopic (exact) mass is 411 g/mol. The first-order chi connectivity index (χ1) is 13.8. The molecule has 0 spiro atoms. The van der Waals surface area contributed by atoms with Crippen molar-refractivity contribution in [1.29, 1.82) is 0 Å². The Kier molecular flexibility index (Phi) is 4.74. The number of thiophene rings is 1. The van der Waals surface area contributed by atoms with Crippen LogP contribution in [-0.2, 0) is 17.6 Å². The predicted octanol–water partition coefficient (Wildman–Crippen LogP) is 2.60. The largest absolute Gasteiger partial charge is 0.365 e. The van der Waals surface area contributed by atoms with Gasteiger partial charge in [-0.15, -0.1) is 11.3 Å². The number of imide groups is 1. The molecule has 1 aromatic heterocycles. The van der Waals surface area contributed by atoms with Crippen LogP contribution >= 0.6 is 11.3 Å². The summed E-state index contributed by atoms with van der Waals surface area (Å²) < 4.78 is 0. The molecule has 1 aromatic carbocycles. The third kappa shape index (κ3) is 3.13. The van der Waals surface area contributed by atoms with Gasteiger partial charge < -0.3 is 11.1 Å². The molecule has 0 unspecified atom stereocenters. The maximum absolute atomic E-state index is 12.9. The van der Waals surface area contributed by atoms with Gasteiger partial charge in [0.1, 0.15) is 11.0 Å². The number of hydrogen-bond donors (Lipinski definition) is 2. The van der Waals surface area contributed by atoms with Crippen molar-refractivity contribution in [2.45, 2.75) is 39.2 Å². The Morgan fingerprint density at radius 3 is 2.41 bits per heavy atom. The molecule has 2 aromatic rings. The topological polar surface area (TPSA) is 110 Å². The number of carbonyl (C=O) groups is 4. The van der Waals surface area contributed by atoms with E-state index in [2.05, 4.69) is 12.2 Å². The Morgan fingerprint density at radius 1 is 1.21 bits per heavy atom. The second-order valence-electron chi connectivity index (χ2n) is 7.61. The minimum absolute atomic E-state index is 0.288. The van der Waals surface area contributed by atoms with E-state index >= 15 is 0 Å². The summed E-state index contributed by atoms with van der Waals surface area (Å²) in [5.41, 5.74) is 7.42. The van der Waals surface area contributed by atoms with Crippen LogP contribution in [-0.4, -0.2) is 34.6 Å². The number of fused-ring (bicyclic) bond motifs is 2. The molecule has 1 aliphatic carbocycles. The number of nitrogens with two attached hydrogens (primary N) is 1. The zero-order valence-corrected chi connectivity index (χ0v) is 17.0. The van der Waals surface area contributed by atoms with E-state index in [9.17, 15) is 19.2 Å². The quantitative estimate of drug-likeness (QED) is 0.754. The summed E-state index contributed by atoms with van der Waals surface area (Å²) in [6.45, 7) is 3.64. The van der Waals surface area contributed by atoms with Gasteiger partial charge in [-0.2, -0.15) is 0 Å². The van der Waals surface area contributed by atoms with Gasteiger partial charge in [0.05, 0.1) is 16.7 Å². The fraction of sp³-hybridized carbons (Fsp3) is 0.333. The lowest BCUT2D eigenvalue weighted by Crippen LogP contribution is -2.45. The van der Waals surface area contributed by atoms with E-state index in [1.165, 1.54) is 18.3 Å². The number of rotatable bonds is 4. The van der Waals surface area contributed by atoms with Gasteiger partial charge in [0.15, 0.2) is 0 Å². The molecule has 3 N–H and O–H groups in total. The standard InChI is InChI=1S/C21H21N3O4S/c1-10-7-8-14-15(9-10)29-19(16(14)17(22)25)23-18(26)11(2)24-20(27)12-5-3-4-6-13(12)21(24)28/h3-6,10-11H,7-9H2,1-2H3,(H2,22,25)(H,23,26)/t10-,11-/m1/s1. The van der Waals surface area contributed by atoms with Gasteiger partial charge in [0.2, 0.25) is 5.91 Å². The SMILES string of the molecule is C[C@@H]1CCc2c(sc(NC(=O)[C@@H](C)N3C(=O)c4ccccc4C3=O)c2C(N)=O)C1. The van der Waals surface area contributed by atoms with Gasteiger partial charge in [-0.3, -0.25) is 24.1 Å². The Balaban J connectivity index is 1.60. The van der Waals surface area contributed by atoms with Crippen molar-refractivity contribution in [3.63, 3.8) is 0 Å². The minimum Gasteiger partial charge on any atom is -0.365 e. The summed E-state index contributed by atoms with van der Waals surface area (Å²) in [6, 6.07) is 5.46. The van der Waals surface area contributed by atoms with Crippen molar-refractivity contribution >= 4 is 40.0 Å². The Labute approximate surface area is 171 Å². The fourth-order valence-electron chi connectivity index (χ4n) is 3.99. The molecular formula is C21H21N3O4S. The average molecular weight is 411 g/mol. The summed E-state index contributed by atoms with van der Waals surface area (Å²) in [6.07, 6.45) is 2.54. The highest BCUT2D eigenvalue weighted by Crippen LogP contribution is 2.39. The van der Waals surface area contributed by atoms with Crippen molar-refractivity contribution in [2.24, 2.45) is 11.7 Å². The van der Waals surface area contributed by atoms with Crippen molar-refractivity contribution < 1.29 is 19.2 Å². The zero-order chi connectivity index (χ0) is 20.9. The Morgan fingerprint density at radius 2 is 1.83 bits per heavy atom. The van der Waals surface area contributed by atoms with Crippen LogP contribution in [0.5, 0.6) is 0 Å². The molecule has 0 bridgehead atoms. The smallest absolute Gasteiger partial charge is 0.262 e. The summed E-state index contributed by atoms with van der Waals surface area (Å²) in [5.74, 6) is -1.61. The summed E-state index contributed by atoms with van der Waals surface area (Å²) in [7, 11) is 0. The van der Waals surface area contributed by atoms with E-state index in [0.29, 0.717) is 16.5 Å². The van der Waals surface area contributed by atoms with E-state index in [1.807, 2.05) is 0 Å². The van der Waals surface area contributed by atoms with Crippen LogP contribution in [0.4, 0.5) is 5.00 Å². The molecule has 4 rings (SSSR count). The van der Waals surface area contributed by atoms with Gasteiger partial charge in [0.25, 0.3) is 17.7 Å². The van der Waals surface area contributed by atoms with Crippen LogP contribution in [0.3, 0.4) is 0 Å². The van der Waals surface area contributed by atoms with E-state index in [1.54, 1.807) is 24.3 Å². The third-order valence-corrected chi connectivity index (χ3v) is 6.76. The van der Waals surface area contributed by atoms with Crippen LogP contribution in [0.15, 0.2) is 24.3 Å². The van der Waals surface area contributed by atoms with Crippen molar-refractivity contribution in [2.75, 3.05) is 5.32 Å². The normalized spacial score (nSPS) is 19.0. The number of amides is 4. The van der Waals surface area contributed by atoms with E-state index in [0.717, 1.165) is 34.6 Å². The summed E-state index contributed by atoms with van der Waals surface area (Å²) in [4.78, 5) is 52.2. The van der Waals surface area contributed by atoms with Crippen molar-refractivity contribution in [1.82, 2.24) is 4.90 Å². The molecule has 1 aliphatic heterocycles. The maximum Gasteiger partial charge on any atom is 0.262 e. The highest BCUT2D eigenvalue weighted by molar-refractivity contribution is 7.17. The van der Waals surface area contributed by atoms with Crippen LogP contribution in [0.1, 0.15) is 61.8 Å². The average Bonchev–Trinajstić information content (AvgIpc) is 3.16. The molecule has 0 fully saturated rings. The first kappa shape index (κ1) is 19.3. The number of nitrogens with one attached hydrogen (secondary N) is 1. The summed E-state index contributed by atoms with van der Waals surface area (Å²) in [5, 5.41) is 3.13. The lowest BCUT2D eigenvalue weighted by Gasteiger charge is -2.21. The molecule has 7 nitrogen and oxygen atoms in total. The van der Waals surface area contributed by atoms with Gasteiger partial charge in [-0.05, 0) is 49.8 Å². The van der Waals surface area contributed by atoms with Gasteiger partial charge in [-0.25, -0.2) is 0 Å². The number of benzene rings is 1. The van der Waals surface area contributed by atoms with Crippen molar-refractivity contribution in [3.8, 4) is 0 Å². The first-order valence-corrected chi connectivity index (χ1v) is 10.3. The van der Waals surface area contributed by atoms with Gasteiger partial charge >= 0.3 is 0 Å². The number of primary amides is 1. The van der Waals surface area contributed by atoms with Crippen molar-refractivity contribution in [3.05, 3.63) is 51.4 Å². The molecule has 0 saturated carbocycles. The Hall–Kier alpha value is -3.00. The Bertz CT molecular complexity index is 1020. The zero-order valence-electron chi connectivity index (χ0n) is 16.2. The predicted molar refractivity (Wildman–Crippen MR) is 109 cm³/mol. The molecule has 4 amide bonds. The van der Waals surface area contributed by atoms with Crippen LogP contribution in [0.2, 0.25) is 0 Å².